The van der Waals surface area contributed by atoms with Crippen LogP contribution >= 0.6 is 11.3 Å². The highest BCUT2D eigenvalue weighted by Crippen LogP contribution is 2.37. The van der Waals surface area contributed by atoms with Gasteiger partial charge in [-0.2, -0.15) is 0 Å². The predicted molar refractivity (Wildman–Crippen MR) is 69.8 cm³/mol. The van der Waals surface area contributed by atoms with Crippen LogP contribution in [0.15, 0.2) is 23.7 Å². The Hall–Kier alpha value is -2.01. The molecule has 86 valence electrons. The lowest BCUT2D eigenvalue weighted by atomic mass is 10.1. The van der Waals surface area contributed by atoms with Gasteiger partial charge in [-0.25, -0.2) is 0 Å². The van der Waals surface area contributed by atoms with Gasteiger partial charge in [-0.05, 0) is 6.07 Å². The summed E-state index contributed by atoms with van der Waals surface area (Å²) < 4.78 is 6.09. The molecular formula is C12H10N2O2S. The standard InChI is InChI=1S/C12H10N2O2S/c1-16-11-3-9-6(2-10(11)15)12-7(4-14-9)8(13)5-17-12/h2-5,15H,13H2,1H3. The number of nitrogens with zero attached hydrogens (tertiary/aromatic N) is 1. The van der Waals surface area contributed by atoms with E-state index < -0.39 is 0 Å². The average molecular weight is 246 g/mol. The molecule has 0 aliphatic heterocycles. The molecule has 3 aromatic rings. The normalized spacial score (nSPS) is 11.1. The van der Waals surface area contributed by atoms with Crippen molar-refractivity contribution in [3.63, 3.8) is 0 Å². The summed E-state index contributed by atoms with van der Waals surface area (Å²) in [5.41, 5.74) is 7.35. The Bertz CT molecular complexity index is 721. The number of aromatic nitrogens is 1. The maximum absolute atomic E-state index is 9.80. The van der Waals surface area contributed by atoms with Crippen LogP contribution < -0.4 is 10.5 Å². The zero-order valence-electron chi connectivity index (χ0n) is 9.10. The van der Waals surface area contributed by atoms with E-state index in [9.17, 15) is 5.11 Å². The second kappa shape index (κ2) is 3.49. The van der Waals surface area contributed by atoms with Gasteiger partial charge in [-0.1, -0.05) is 0 Å². The lowest BCUT2D eigenvalue weighted by molar-refractivity contribution is 0.374. The maximum atomic E-state index is 9.80. The van der Waals surface area contributed by atoms with Crippen molar-refractivity contribution in [3.05, 3.63) is 23.7 Å². The Morgan fingerprint density at radius 1 is 1.35 bits per heavy atom. The van der Waals surface area contributed by atoms with Gasteiger partial charge in [0, 0.05) is 33.1 Å². The van der Waals surface area contributed by atoms with E-state index >= 15 is 0 Å². The van der Waals surface area contributed by atoms with Gasteiger partial charge in [-0.3, -0.25) is 4.98 Å². The van der Waals surface area contributed by atoms with Gasteiger partial charge in [0.1, 0.15) is 0 Å². The zero-order chi connectivity index (χ0) is 12.0. The molecule has 4 nitrogen and oxygen atoms in total. The van der Waals surface area contributed by atoms with E-state index in [2.05, 4.69) is 4.98 Å². The van der Waals surface area contributed by atoms with Crippen LogP contribution in [0, 0.1) is 0 Å². The second-order valence-corrected chi connectivity index (χ2v) is 4.61. The van der Waals surface area contributed by atoms with Gasteiger partial charge in [0.15, 0.2) is 11.5 Å². The topological polar surface area (TPSA) is 68.4 Å². The van der Waals surface area contributed by atoms with Crippen LogP contribution in [0.5, 0.6) is 11.5 Å². The van der Waals surface area contributed by atoms with Crippen molar-refractivity contribution >= 4 is 38.0 Å². The number of rotatable bonds is 1. The number of pyridine rings is 1. The van der Waals surface area contributed by atoms with Crippen LogP contribution in [-0.4, -0.2) is 17.2 Å². The lowest BCUT2D eigenvalue weighted by Crippen LogP contribution is -1.87. The lowest BCUT2D eigenvalue weighted by Gasteiger charge is -2.05. The van der Waals surface area contributed by atoms with E-state index in [1.807, 2.05) is 5.38 Å². The molecular weight excluding hydrogens is 236 g/mol. The highest BCUT2D eigenvalue weighted by Gasteiger charge is 2.10. The van der Waals surface area contributed by atoms with Crippen molar-refractivity contribution in [2.45, 2.75) is 0 Å². The third kappa shape index (κ3) is 1.39. The molecule has 0 aliphatic rings. The Morgan fingerprint density at radius 3 is 2.94 bits per heavy atom. The molecule has 3 N–H and O–H groups in total. The van der Waals surface area contributed by atoms with E-state index in [1.54, 1.807) is 29.7 Å². The van der Waals surface area contributed by atoms with Crippen molar-refractivity contribution in [1.29, 1.82) is 0 Å². The molecule has 1 aromatic carbocycles. The summed E-state index contributed by atoms with van der Waals surface area (Å²) in [6.45, 7) is 0. The predicted octanol–water partition coefficient (Wildman–Crippen LogP) is 2.75. The Kier molecular flexibility index (Phi) is 2.09. The first-order valence-corrected chi connectivity index (χ1v) is 5.91. The molecule has 0 bridgehead atoms. The number of phenols is 1. The number of thiophene rings is 1. The Morgan fingerprint density at radius 2 is 2.18 bits per heavy atom. The van der Waals surface area contributed by atoms with Gasteiger partial charge < -0.3 is 15.6 Å². The number of anilines is 1. The van der Waals surface area contributed by atoms with Gasteiger partial charge in [-0.15, -0.1) is 11.3 Å². The van der Waals surface area contributed by atoms with Crippen molar-refractivity contribution in [2.75, 3.05) is 12.8 Å². The summed E-state index contributed by atoms with van der Waals surface area (Å²) in [6.07, 6.45) is 1.75. The maximum Gasteiger partial charge on any atom is 0.162 e. The van der Waals surface area contributed by atoms with Crippen LogP contribution in [0.3, 0.4) is 0 Å². The van der Waals surface area contributed by atoms with Gasteiger partial charge in [0.25, 0.3) is 0 Å². The quantitative estimate of drug-likeness (QED) is 0.692. The van der Waals surface area contributed by atoms with Crippen molar-refractivity contribution in [2.24, 2.45) is 0 Å². The summed E-state index contributed by atoms with van der Waals surface area (Å²) in [6, 6.07) is 3.39. The fraction of sp³-hybridized carbons (Fsp3) is 0.0833. The number of nitrogens with two attached hydrogens (primary N) is 1. The number of hydrogen-bond acceptors (Lipinski definition) is 5. The molecule has 0 aliphatic carbocycles. The summed E-state index contributed by atoms with van der Waals surface area (Å²) in [5.74, 6) is 0.537. The number of methoxy groups -OCH3 is 1. The molecule has 17 heavy (non-hydrogen) atoms. The summed E-state index contributed by atoms with van der Waals surface area (Å²) in [5, 5.41) is 13.5. The molecule has 0 atom stereocenters. The highest BCUT2D eigenvalue weighted by atomic mass is 32.1. The third-order valence-electron chi connectivity index (χ3n) is 2.73. The average Bonchev–Trinajstić information content (AvgIpc) is 2.71. The second-order valence-electron chi connectivity index (χ2n) is 3.73. The molecule has 0 saturated heterocycles. The summed E-state index contributed by atoms with van der Waals surface area (Å²) in [4.78, 5) is 4.33. The van der Waals surface area contributed by atoms with Crippen LogP contribution in [0.2, 0.25) is 0 Å². The smallest absolute Gasteiger partial charge is 0.162 e. The van der Waals surface area contributed by atoms with Crippen molar-refractivity contribution in [1.82, 2.24) is 4.98 Å². The van der Waals surface area contributed by atoms with E-state index in [-0.39, 0.29) is 5.75 Å². The minimum atomic E-state index is 0.112. The number of phenolic OH excluding ortho intramolecular Hbond substituents is 1. The molecule has 0 saturated carbocycles. The van der Waals surface area contributed by atoms with Gasteiger partial charge >= 0.3 is 0 Å². The molecule has 5 heteroatoms. The SMILES string of the molecule is COc1cc2ncc3c(N)csc3c2cc1O. The monoisotopic (exact) mass is 246 g/mol. The molecule has 2 aromatic heterocycles. The van der Waals surface area contributed by atoms with Crippen LogP contribution in [-0.2, 0) is 0 Å². The number of aromatic hydroxyl groups is 1. The van der Waals surface area contributed by atoms with E-state index in [0.717, 1.165) is 26.7 Å². The third-order valence-corrected chi connectivity index (χ3v) is 3.78. The number of fused-ring (bicyclic) bond motifs is 3. The summed E-state index contributed by atoms with van der Waals surface area (Å²) >= 11 is 1.55. The largest absolute Gasteiger partial charge is 0.504 e. The fourth-order valence-corrected chi connectivity index (χ4v) is 2.83. The van der Waals surface area contributed by atoms with Gasteiger partial charge in [0.2, 0.25) is 0 Å². The first-order chi connectivity index (χ1) is 8.20. The zero-order valence-corrected chi connectivity index (χ0v) is 9.91. The summed E-state index contributed by atoms with van der Waals surface area (Å²) in [7, 11) is 1.52. The number of hydrogen-bond donors (Lipinski definition) is 2. The number of benzene rings is 1. The van der Waals surface area contributed by atoms with Crippen LogP contribution in [0.4, 0.5) is 5.69 Å². The van der Waals surface area contributed by atoms with Crippen molar-refractivity contribution < 1.29 is 9.84 Å². The van der Waals surface area contributed by atoms with Gasteiger partial charge in [0.05, 0.1) is 18.3 Å². The highest BCUT2D eigenvalue weighted by molar-refractivity contribution is 7.18. The minimum absolute atomic E-state index is 0.112. The Balaban J connectivity index is 2.46. The number of ether oxygens (including phenoxy) is 1. The molecule has 2 heterocycles. The minimum Gasteiger partial charge on any atom is -0.504 e. The molecule has 0 unspecified atom stereocenters. The van der Waals surface area contributed by atoms with E-state index in [0.29, 0.717) is 5.75 Å². The van der Waals surface area contributed by atoms with Crippen LogP contribution in [0.25, 0.3) is 21.0 Å². The van der Waals surface area contributed by atoms with Crippen molar-refractivity contribution in [3.8, 4) is 11.5 Å². The molecule has 0 amide bonds. The number of nitrogen functional groups attached to an aromatic ring is 1. The molecule has 0 radical (unpaired) electrons. The first kappa shape index (κ1) is 10.2. The Labute approximate surface area is 101 Å². The van der Waals surface area contributed by atoms with E-state index in [4.69, 9.17) is 10.5 Å². The molecule has 0 spiro atoms. The van der Waals surface area contributed by atoms with Crippen LogP contribution in [0.1, 0.15) is 0 Å². The molecule has 3 rings (SSSR count). The molecule has 0 fully saturated rings. The van der Waals surface area contributed by atoms with E-state index in [1.165, 1.54) is 7.11 Å². The fourth-order valence-electron chi connectivity index (χ4n) is 1.87. The first-order valence-electron chi connectivity index (χ1n) is 5.03.